The largest absolute Gasteiger partial charge is 0.506 e. The van der Waals surface area contributed by atoms with Crippen LogP contribution in [-0.2, 0) is 0 Å². The van der Waals surface area contributed by atoms with Crippen LogP contribution in [0.3, 0.4) is 0 Å². The van der Waals surface area contributed by atoms with Crippen LogP contribution in [0.1, 0.15) is 27.2 Å². The molecular weight excluding hydrogens is 294 g/mol. The van der Waals surface area contributed by atoms with E-state index in [1.165, 1.54) is 6.08 Å². The van der Waals surface area contributed by atoms with Crippen LogP contribution in [0, 0.1) is 0 Å². The third-order valence-electron chi connectivity index (χ3n) is 2.56. The Balaban J connectivity index is 0.00000232. The molecule has 0 spiro atoms. The molecule has 0 heterocycles. The maximum absolute atomic E-state index is 9.50. The van der Waals surface area contributed by atoms with Gasteiger partial charge in [-0.05, 0) is 36.8 Å². The lowest BCUT2D eigenvalue weighted by Crippen LogP contribution is -2.00. The molecule has 6 nitrogen and oxygen atoms in total. The minimum Gasteiger partial charge on any atom is -0.506 e. The number of aliphatic hydroxyl groups excluding tert-OH is 2. The van der Waals surface area contributed by atoms with Crippen LogP contribution < -0.4 is 10.5 Å². The molecule has 0 aliphatic rings. The lowest BCUT2D eigenvalue weighted by atomic mass is 10.3. The number of allylic oxidation sites excluding steroid dienone is 2. The second-order valence-electron chi connectivity index (χ2n) is 4.16. The number of benzene rings is 1. The fourth-order valence-electron chi connectivity index (χ4n) is 1.39. The summed E-state index contributed by atoms with van der Waals surface area (Å²) in [4.78, 5) is 0. The molecule has 0 aromatic heterocycles. The first-order chi connectivity index (χ1) is 11.2. The van der Waals surface area contributed by atoms with E-state index in [-0.39, 0.29) is 19.0 Å². The Kier molecular flexibility index (Phi) is 12.0. The molecule has 0 atom stereocenters. The molecule has 1 aromatic carbocycles. The normalized spacial score (nSPS) is 12.0. The molecule has 0 aliphatic carbocycles. The third-order valence-corrected chi connectivity index (χ3v) is 2.56. The zero-order valence-electron chi connectivity index (χ0n) is 14.1. The second kappa shape index (κ2) is 13.3. The number of hydrogen-bond donors (Lipinski definition) is 3. The first-order valence-corrected chi connectivity index (χ1v) is 7.72. The Morgan fingerprint density at radius 1 is 1.26 bits per heavy atom. The van der Waals surface area contributed by atoms with Crippen molar-refractivity contribution in [3.63, 3.8) is 0 Å². The molecule has 4 N–H and O–H groups in total. The lowest BCUT2D eigenvalue weighted by Gasteiger charge is -2.02. The highest BCUT2D eigenvalue weighted by Gasteiger charge is 1.94. The quantitative estimate of drug-likeness (QED) is 0.384. The maximum atomic E-state index is 9.50. The zero-order chi connectivity index (χ0) is 17.5. The number of nitrogens with zero attached hydrogens (tertiary/aromatic N) is 2. The van der Waals surface area contributed by atoms with E-state index in [9.17, 15) is 5.11 Å². The molecule has 0 amide bonds. The summed E-state index contributed by atoms with van der Waals surface area (Å²) >= 11 is 0. The molecule has 23 heavy (non-hydrogen) atoms. The minimum atomic E-state index is -0.0162. The summed E-state index contributed by atoms with van der Waals surface area (Å²) in [5.74, 6) is 0.742. The van der Waals surface area contributed by atoms with E-state index in [4.69, 9.17) is 15.6 Å². The summed E-state index contributed by atoms with van der Waals surface area (Å²) < 4.78 is 5.23. The van der Waals surface area contributed by atoms with Crippen LogP contribution in [0.5, 0.6) is 5.75 Å². The Bertz CT molecular complexity index is 508. The van der Waals surface area contributed by atoms with Gasteiger partial charge in [0.1, 0.15) is 18.1 Å². The number of rotatable bonds is 8. The average Bonchev–Trinajstić information content (AvgIpc) is 2.61. The van der Waals surface area contributed by atoms with Crippen molar-refractivity contribution in [3.05, 3.63) is 47.9 Å². The summed E-state index contributed by atoms with van der Waals surface area (Å²) in [5.41, 5.74) is 6.72. The Morgan fingerprint density at radius 2 is 1.91 bits per heavy atom. The highest BCUT2D eigenvalue weighted by molar-refractivity contribution is 5.40. The van der Waals surface area contributed by atoms with E-state index in [0.29, 0.717) is 30.1 Å². The summed E-state index contributed by atoms with van der Waals surface area (Å²) in [5, 5.41) is 26.1. The highest BCUT2D eigenvalue weighted by atomic mass is 16.5. The van der Waals surface area contributed by atoms with E-state index in [0.717, 1.165) is 0 Å². The standard InChI is InChI=1S/C15H21N3O3.C2H6/c1-2-14(16)15(20)4-3-9-17-18-12-5-7-13(8-6-12)21-11-10-19;1-2/h3-8,19-20H,2,9-11,16H2,1H3;1-2H3/b4-3-,15-14-,18-17?;. The van der Waals surface area contributed by atoms with Gasteiger partial charge in [-0.1, -0.05) is 26.8 Å². The first-order valence-electron chi connectivity index (χ1n) is 7.72. The van der Waals surface area contributed by atoms with Crippen molar-refractivity contribution < 1.29 is 14.9 Å². The molecular formula is C17H27N3O3. The van der Waals surface area contributed by atoms with Gasteiger partial charge in [-0.2, -0.15) is 10.2 Å². The van der Waals surface area contributed by atoms with Crippen LogP contribution in [0.2, 0.25) is 0 Å². The van der Waals surface area contributed by atoms with Crippen LogP contribution >= 0.6 is 0 Å². The lowest BCUT2D eigenvalue weighted by molar-refractivity contribution is 0.201. The minimum absolute atomic E-state index is 0.0162. The van der Waals surface area contributed by atoms with Crippen LogP contribution in [-0.4, -0.2) is 30.0 Å². The van der Waals surface area contributed by atoms with Gasteiger partial charge in [0.05, 0.1) is 24.5 Å². The van der Waals surface area contributed by atoms with E-state index in [2.05, 4.69) is 10.2 Å². The van der Waals surface area contributed by atoms with E-state index in [1.807, 2.05) is 20.8 Å². The molecule has 1 rings (SSSR count). The van der Waals surface area contributed by atoms with Gasteiger partial charge in [-0.15, -0.1) is 0 Å². The smallest absolute Gasteiger partial charge is 0.133 e. The molecule has 0 radical (unpaired) electrons. The predicted octanol–water partition coefficient (Wildman–Crippen LogP) is 3.86. The topological polar surface area (TPSA) is 100 Å². The van der Waals surface area contributed by atoms with Crippen LogP contribution in [0.4, 0.5) is 5.69 Å². The van der Waals surface area contributed by atoms with Gasteiger partial charge in [0, 0.05) is 0 Å². The maximum Gasteiger partial charge on any atom is 0.133 e. The van der Waals surface area contributed by atoms with Gasteiger partial charge in [-0.25, -0.2) is 0 Å². The van der Waals surface area contributed by atoms with Gasteiger partial charge < -0.3 is 20.7 Å². The molecule has 128 valence electrons. The molecule has 0 unspecified atom stereocenters. The van der Waals surface area contributed by atoms with E-state index >= 15 is 0 Å². The molecule has 6 heteroatoms. The van der Waals surface area contributed by atoms with Crippen molar-refractivity contribution in [2.24, 2.45) is 16.0 Å². The van der Waals surface area contributed by atoms with Crippen molar-refractivity contribution in [2.75, 3.05) is 19.8 Å². The molecule has 1 aromatic rings. The Labute approximate surface area is 138 Å². The number of nitrogens with two attached hydrogens (primary N) is 1. The molecule has 0 fully saturated rings. The molecule has 0 saturated carbocycles. The Hall–Kier alpha value is -2.34. The fourth-order valence-corrected chi connectivity index (χ4v) is 1.39. The van der Waals surface area contributed by atoms with Gasteiger partial charge in [-0.3, -0.25) is 0 Å². The second-order valence-corrected chi connectivity index (χ2v) is 4.16. The zero-order valence-corrected chi connectivity index (χ0v) is 14.1. The Morgan fingerprint density at radius 3 is 2.48 bits per heavy atom. The van der Waals surface area contributed by atoms with Crippen molar-refractivity contribution >= 4 is 5.69 Å². The summed E-state index contributed by atoms with van der Waals surface area (Å²) in [6.07, 6.45) is 3.80. The molecule has 0 aliphatic heterocycles. The van der Waals surface area contributed by atoms with Crippen LogP contribution in [0.25, 0.3) is 0 Å². The number of ether oxygens (including phenoxy) is 1. The third kappa shape index (κ3) is 9.31. The van der Waals surface area contributed by atoms with Crippen LogP contribution in [0.15, 0.2) is 58.1 Å². The molecule has 0 bridgehead atoms. The van der Waals surface area contributed by atoms with E-state index < -0.39 is 0 Å². The van der Waals surface area contributed by atoms with Gasteiger partial charge in [0.15, 0.2) is 0 Å². The SMILES string of the molecule is CC.CC/C(N)=C(O)\C=C/CN=Nc1ccc(OCCO)cc1. The predicted molar refractivity (Wildman–Crippen MR) is 93.0 cm³/mol. The number of aliphatic hydroxyl groups is 2. The fraction of sp³-hybridized carbons (Fsp3) is 0.412. The monoisotopic (exact) mass is 321 g/mol. The summed E-state index contributed by atoms with van der Waals surface area (Å²) in [6, 6.07) is 7.06. The van der Waals surface area contributed by atoms with Gasteiger partial charge >= 0.3 is 0 Å². The number of hydrogen-bond acceptors (Lipinski definition) is 6. The highest BCUT2D eigenvalue weighted by Crippen LogP contribution is 2.18. The van der Waals surface area contributed by atoms with Crippen molar-refractivity contribution in [1.82, 2.24) is 0 Å². The van der Waals surface area contributed by atoms with Gasteiger partial charge in [0.25, 0.3) is 0 Å². The summed E-state index contributed by atoms with van der Waals surface area (Å²) in [6.45, 7) is 6.47. The first kappa shape index (κ1) is 20.7. The van der Waals surface area contributed by atoms with Gasteiger partial charge in [0.2, 0.25) is 0 Å². The summed E-state index contributed by atoms with van der Waals surface area (Å²) in [7, 11) is 0. The molecule has 0 saturated heterocycles. The van der Waals surface area contributed by atoms with E-state index in [1.54, 1.807) is 30.3 Å². The number of azo groups is 1. The van der Waals surface area contributed by atoms with Crippen molar-refractivity contribution in [1.29, 1.82) is 0 Å². The van der Waals surface area contributed by atoms with Crippen molar-refractivity contribution in [2.45, 2.75) is 27.2 Å². The average molecular weight is 321 g/mol. The van der Waals surface area contributed by atoms with Crippen molar-refractivity contribution in [3.8, 4) is 5.75 Å².